The van der Waals surface area contributed by atoms with Crippen LogP contribution in [0.15, 0.2) is 42.5 Å². The highest BCUT2D eigenvalue weighted by atomic mass is 16.6. The second-order valence-corrected chi connectivity index (χ2v) is 5.62. The molecule has 0 heterocycles. The third-order valence-electron chi connectivity index (χ3n) is 3.28. The molecular formula is C18H18N2O6. The fourth-order valence-electron chi connectivity index (χ4n) is 2.21. The number of anilines is 1. The third kappa shape index (κ3) is 5.90. The number of nitrogens with one attached hydrogen (secondary N) is 1. The summed E-state index contributed by atoms with van der Waals surface area (Å²) in [6.07, 6.45) is 0. The smallest absolute Gasteiger partial charge is 0.344 e. The zero-order valence-corrected chi connectivity index (χ0v) is 14.4. The van der Waals surface area contributed by atoms with Crippen LogP contribution in [0, 0.1) is 24.0 Å². The number of aryl methyl sites for hydroxylation is 2. The van der Waals surface area contributed by atoms with Gasteiger partial charge in [0.1, 0.15) is 5.75 Å². The van der Waals surface area contributed by atoms with Crippen molar-refractivity contribution in [3.8, 4) is 5.75 Å². The summed E-state index contributed by atoms with van der Waals surface area (Å²) >= 11 is 0. The van der Waals surface area contributed by atoms with Crippen LogP contribution in [0.3, 0.4) is 0 Å². The molecule has 0 aliphatic carbocycles. The average Bonchev–Trinajstić information content (AvgIpc) is 2.58. The Morgan fingerprint density at radius 2 is 1.65 bits per heavy atom. The van der Waals surface area contributed by atoms with Crippen molar-refractivity contribution in [1.29, 1.82) is 0 Å². The van der Waals surface area contributed by atoms with Crippen LogP contribution < -0.4 is 10.1 Å². The number of benzene rings is 2. The van der Waals surface area contributed by atoms with E-state index in [1.54, 1.807) is 12.1 Å². The summed E-state index contributed by atoms with van der Waals surface area (Å²) in [5, 5.41) is 13.0. The van der Waals surface area contributed by atoms with Crippen LogP contribution in [0.5, 0.6) is 5.75 Å². The van der Waals surface area contributed by atoms with E-state index in [9.17, 15) is 19.7 Å². The first-order chi connectivity index (χ1) is 12.3. The van der Waals surface area contributed by atoms with Crippen molar-refractivity contribution in [3.05, 3.63) is 63.7 Å². The molecular weight excluding hydrogens is 340 g/mol. The first-order valence-corrected chi connectivity index (χ1v) is 7.74. The van der Waals surface area contributed by atoms with E-state index in [1.807, 2.05) is 19.9 Å². The van der Waals surface area contributed by atoms with Gasteiger partial charge in [0.2, 0.25) is 0 Å². The van der Waals surface area contributed by atoms with Gasteiger partial charge in [0.15, 0.2) is 13.2 Å². The van der Waals surface area contributed by atoms with E-state index in [1.165, 1.54) is 24.3 Å². The Bertz CT molecular complexity index is 797. The van der Waals surface area contributed by atoms with E-state index in [2.05, 4.69) is 5.32 Å². The molecule has 0 aliphatic rings. The van der Waals surface area contributed by atoms with E-state index in [0.29, 0.717) is 11.4 Å². The highest BCUT2D eigenvalue weighted by Crippen LogP contribution is 2.16. The molecule has 0 bridgehead atoms. The summed E-state index contributed by atoms with van der Waals surface area (Å²) in [6.45, 7) is 3.04. The van der Waals surface area contributed by atoms with Crippen LogP contribution in [-0.4, -0.2) is 30.0 Å². The van der Waals surface area contributed by atoms with Crippen molar-refractivity contribution in [2.24, 2.45) is 0 Å². The van der Waals surface area contributed by atoms with E-state index < -0.39 is 23.4 Å². The largest absolute Gasteiger partial charge is 0.482 e. The van der Waals surface area contributed by atoms with Gasteiger partial charge in [-0.1, -0.05) is 6.07 Å². The van der Waals surface area contributed by atoms with Crippen molar-refractivity contribution in [2.75, 3.05) is 18.5 Å². The van der Waals surface area contributed by atoms with Gasteiger partial charge >= 0.3 is 5.97 Å². The number of nitro benzene ring substituents is 1. The number of hydrogen-bond donors (Lipinski definition) is 1. The molecule has 2 rings (SSSR count). The maximum atomic E-state index is 11.7. The number of amides is 1. The summed E-state index contributed by atoms with van der Waals surface area (Å²) in [4.78, 5) is 33.4. The normalized spacial score (nSPS) is 10.1. The molecule has 0 spiro atoms. The second kappa shape index (κ2) is 8.61. The number of esters is 1. The molecule has 0 saturated carbocycles. The Balaban J connectivity index is 1.75. The lowest BCUT2D eigenvalue weighted by molar-refractivity contribution is -0.384. The Kier molecular flexibility index (Phi) is 6.26. The number of carbonyl (C=O) groups excluding carboxylic acids is 2. The maximum Gasteiger partial charge on any atom is 0.344 e. The number of carbonyl (C=O) groups is 2. The molecule has 0 aromatic heterocycles. The Labute approximate surface area is 149 Å². The Morgan fingerprint density at radius 1 is 1.04 bits per heavy atom. The van der Waals surface area contributed by atoms with Crippen LogP contribution in [0.2, 0.25) is 0 Å². The Morgan fingerprint density at radius 3 is 2.23 bits per heavy atom. The lowest BCUT2D eigenvalue weighted by Crippen LogP contribution is -2.23. The third-order valence-corrected chi connectivity index (χ3v) is 3.28. The minimum Gasteiger partial charge on any atom is -0.482 e. The number of rotatable bonds is 7. The summed E-state index contributed by atoms with van der Waals surface area (Å²) in [5.41, 5.74) is 2.30. The van der Waals surface area contributed by atoms with E-state index in [-0.39, 0.29) is 12.3 Å². The van der Waals surface area contributed by atoms with Gasteiger partial charge in [-0.05, 0) is 49.2 Å². The summed E-state index contributed by atoms with van der Waals surface area (Å²) in [5.74, 6) is -0.684. The fraction of sp³-hybridized carbons (Fsp3) is 0.222. The van der Waals surface area contributed by atoms with E-state index in [0.717, 1.165) is 11.1 Å². The zero-order chi connectivity index (χ0) is 19.1. The van der Waals surface area contributed by atoms with Gasteiger partial charge < -0.3 is 14.8 Å². The maximum absolute atomic E-state index is 11.7. The van der Waals surface area contributed by atoms with Crippen LogP contribution in [0.4, 0.5) is 11.4 Å². The van der Waals surface area contributed by atoms with Crippen LogP contribution >= 0.6 is 0 Å². The lowest BCUT2D eigenvalue weighted by atomic mass is 10.1. The highest BCUT2D eigenvalue weighted by Gasteiger charge is 2.10. The van der Waals surface area contributed by atoms with Gasteiger partial charge in [-0.3, -0.25) is 14.9 Å². The summed E-state index contributed by atoms with van der Waals surface area (Å²) in [6, 6.07) is 10.9. The van der Waals surface area contributed by atoms with E-state index in [4.69, 9.17) is 9.47 Å². The average molecular weight is 358 g/mol. The van der Waals surface area contributed by atoms with Gasteiger partial charge in [-0.25, -0.2) is 4.79 Å². The zero-order valence-electron chi connectivity index (χ0n) is 14.4. The minimum atomic E-state index is -0.678. The molecule has 2 aromatic rings. The van der Waals surface area contributed by atoms with Crippen molar-refractivity contribution in [1.82, 2.24) is 0 Å². The van der Waals surface area contributed by atoms with Crippen LogP contribution in [0.25, 0.3) is 0 Å². The number of nitrogens with zero attached hydrogens (tertiary/aromatic N) is 1. The predicted octanol–water partition coefficient (Wildman–Crippen LogP) is 2.77. The first kappa shape index (κ1) is 18.9. The quantitative estimate of drug-likeness (QED) is 0.463. The van der Waals surface area contributed by atoms with Crippen molar-refractivity contribution in [3.63, 3.8) is 0 Å². The van der Waals surface area contributed by atoms with Crippen molar-refractivity contribution >= 4 is 23.3 Å². The Hall–Kier alpha value is -3.42. The monoisotopic (exact) mass is 358 g/mol. The molecule has 8 heteroatoms. The summed E-state index contributed by atoms with van der Waals surface area (Å²) in [7, 11) is 0. The SMILES string of the molecule is Cc1cc(C)cc(OCC(=O)OCC(=O)Nc2ccc([N+](=O)[O-])cc2)c1. The van der Waals surface area contributed by atoms with Gasteiger partial charge in [0.05, 0.1) is 4.92 Å². The van der Waals surface area contributed by atoms with Gasteiger partial charge in [0, 0.05) is 17.8 Å². The molecule has 0 aliphatic heterocycles. The molecule has 0 fully saturated rings. The topological polar surface area (TPSA) is 108 Å². The number of ether oxygens (including phenoxy) is 2. The molecule has 8 nitrogen and oxygen atoms in total. The van der Waals surface area contributed by atoms with E-state index >= 15 is 0 Å². The van der Waals surface area contributed by atoms with Crippen LogP contribution in [0.1, 0.15) is 11.1 Å². The molecule has 1 N–H and O–H groups in total. The fourth-order valence-corrected chi connectivity index (χ4v) is 2.21. The molecule has 0 atom stereocenters. The molecule has 0 radical (unpaired) electrons. The van der Waals surface area contributed by atoms with Gasteiger partial charge in [-0.15, -0.1) is 0 Å². The molecule has 136 valence electrons. The first-order valence-electron chi connectivity index (χ1n) is 7.74. The molecule has 0 unspecified atom stereocenters. The van der Waals surface area contributed by atoms with Gasteiger partial charge in [0.25, 0.3) is 11.6 Å². The minimum absolute atomic E-state index is 0.0852. The molecule has 0 saturated heterocycles. The lowest BCUT2D eigenvalue weighted by Gasteiger charge is -2.09. The van der Waals surface area contributed by atoms with Crippen molar-refractivity contribution in [2.45, 2.75) is 13.8 Å². The highest BCUT2D eigenvalue weighted by molar-refractivity contribution is 5.92. The summed E-state index contributed by atoms with van der Waals surface area (Å²) < 4.78 is 10.2. The number of non-ortho nitro benzene ring substituents is 1. The van der Waals surface area contributed by atoms with Crippen LogP contribution in [-0.2, 0) is 14.3 Å². The molecule has 1 amide bonds. The van der Waals surface area contributed by atoms with Gasteiger partial charge in [-0.2, -0.15) is 0 Å². The standard InChI is InChI=1S/C18H18N2O6/c1-12-7-13(2)9-16(8-12)25-11-18(22)26-10-17(21)19-14-3-5-15(6-4-14)20(23)24/h3-9H,10-11H2,1-2H3,(H,19,21). The molecule has 26 heavy (non-hydrogen) atoms. The van der Waals surface area contributed by atoms with Crippen molar-refractivity contribution < 1.29 is 24.0 Å². The number of hydrogen-bond acceptors (Lipinski definition) is 6. The molecule has 2 aromatic carbocycles. The number of nitro groups is 1. The second-order valence-electron chi connectivity index (χ2n) is 5.62. The predicted molar refractivity (Wildman–Crippen MR) is 94.1 cm³/mol.